The van der Waals surface area contributed by atoms with Crippen molar-refractivity contribution >= 4 is 29.0 Å². The third-order valence-electron chi connectivity index (χ3n) is 6.32. The van der Waals surface area contributed by atoms with E-state index in [-0.39, 0.29) is 40.0 Å². The van der Waals surface area contributed by atoms with Crippen molar-refractivity contribution < 1.29 is 42.1 Å². The second kappa shape index (κ2) is 14.0. The summed E-state index contributed by atoms with van der Waals surface area (Å²) < 4.78 is 55.3. The number of thiocarbonyl (C=S) groups is 1. The minimum absolute atomic E-state index is 0.0553. The average molecular weight is 588 g/mol. The molecule has 1 aromatic heterocycles. The summed E-state index contributed by atoms with van der Waals surface area (Å²) in [6, 6.07) is 9.53. The van der Waals surface area contributed by atoms with E-state index in [0.717, 1.165) is 0 Å². The van der Waals surface area contributed by atoms with Gasteiger partial charge < -0.3 is 23.7 Å². The van der Waals surface area contributed by atoms with Crippen molar-refractivity contribution in [2.24, 2.45) is 5.92 Å². The largest absolute Gasteiger partial charge is 0.496 e. The molecule has 2 aromatic carbocycles. The van der Waals surface area contributed by atoms with Crippen LogP contribution >= 0.6 is 12.2 Å². The van der Waals surface area contributed by atoms with Crippen molar-refractivity contribution in [3.8, 4) is 23.0 Å². The van der Waals surface area contributed by atoms with Gasteiger partial charge in [0.15, 0.2) is 11.5 Å². The number of methoxy groups -OCH3 is 3. The van der Waals surface area contributed by atoms with Crippen molar-refractivity contribution in [3.63, 3.8) is 0 Å². The fourth-order valence-electron chi connectivity index (χ4n) is 4.41. The standard InChI is InChI=1S/C30H31F2NO7S/c1-16(13-26(41)28-29(40-18(3)34)23(36-4)11-12-33-28)30(35)39-17(2)27(21-9-7-19(31)14-24(21)37-5)22-10-8-20(32)15-25(22)38-6/h7-12,14-17,27H,13H2,1-6H3/t16-,17+/m1/s1. The first-order valence-corrected chi connectivity index (χ1v) is 13.0. The van der Waals surface area contributed by atoms with E-state index >= 15 is 0 Å². The molecule has 3 aromatic rings. The average Bonchev–Trinajstić information content (AvgIpc) is 2.94. The normalized spacial score (nSPS) is 12.3. The van der Waals surface area contributed by atoms with Gasteiger partial charge in [0.1, 0.15) is 34.9 Å². The molecule has 1 heterocycles. The number of pyridine rings is 1. The monoisotopic (exact) mass is 587 g/mol. The highest BCUT2D eigenvalue weighted by atomic mass is 32.1. The Morgan fingerprint density at radius 2 is 1.41 bits per heavy atom. The molecule has 3 rings (SSSR count). The van der Waals surface area contributed by atoms with Gasteiger partial charge in [-0.05, 0) is 25.5 Å². The quantitative estimate of drug-likeness (QED) is 0.148. The molecule has 218 valence electrons. The highest BCUT2D eigenvalue weighted by Crippen LogP contribution is 2.40. The van der Waals surface area contributed by atoms with Gasteiger partial charge >= 0.3 is 11.9 Å². The van der Waals surface area contributed by atoms with E-state index in [0.29, 0.717) is 11.1 Å². The Bertz CT molecular complexity index is 1380. The zero-order chi connectivity index (χ0) is 30.3. The lowest BCUT2D eigenvalue weighted by atomic mass is 9.85. The number of esters is 2. The molecule has 2 atom stereocenters. The Morgan fingerprint density at radius 1 is 0.878 bits per heavy atom. The molecule has 8 nitrogen and oxygen atoms in total. The summed E-state index contributed by atoms with van der Waals surface area (Å²) in [5.41, 5.74) is 1.22. The number of halogens is 2. The van der Waals surface area contributed by atoms with E-state index in [4.69, 9.17) is 35.9 Å². The number of hydrogen-bond acceptors (Lipinski definition) is 9. The maximum absolute atomic E-state index is 14.0. The Kier molecular flexibility index (Phi) is 10.7. The van der Waals surface area contributed by atoms with Crippen LogP contribution in [0.4, 0.5) is 8.78 Å². The molecule has 0 fully saturated rings. The summed E-state index contributed by atoms with van der Waals surface area (Å²) in [5.74, 6) is -2.85. The molecule has 0 aliphatic rings. The highest BCUT2D eigenvalue weighted by Gasteiger charge is 2.32. The Hall–Kier alpha value is -4.12. The Morgan fingerprint density at radius 3 is 1.90 bits per heavy atom. The van der Waals surface area contributed by atoms with Gasteiger partial charge in [-0.15, -0.1) is 0 Å². The van der Waals surface area contributed by atoms with E-state index in [1.165, 1.54) is 76.9 Å². The molecule has 0 spiro atoms. The molecular weight excluding hydrogens is 556 g/mol. The Balaban J connectivity index is 1.90. The number of ether oxygens (including phenoxy) is 5. The number of benzene rings is 2. The molecule has 0 amide bonds. The van der Waals surface area contributed by atoms with Crippen molar-refractivity contribution in [3.05, 3.63) is 77.1 Å². The minimum Gasteiger partial charge on any atom is -0.496 e. The van der Waals surface area contributed by atoms with E-state index in [1.807, 2.05) is 0 Å². The molecule has 0 saturated carbocycles. The van der Waals surface area contributed by atoms with Gasteiger partial charge in [-0.2, -0.15) is 0 Å². The maximum Gasteiger partial charge on any atom is 0.309 e. The summed E-state index contributed by atoms with van der Waals surface area (Å²) in [4.78, 5) is 29.4. The maximum atomic E-state index is 14.0. The molecular formula is C30H31F2NO7S. The van der Waals surface area contributed by atoms with Gasteiger partial charge in [0.2, 0.25) is 0 Å². The molecule has 11 heteroatoms. The van der Waals surface area contributed by atoms with Crippen LogP contribution in [0.5, 0.6) is 23.0 Å². The molecule has 0 unspecified atom stereocenters. The van der Waals surface area contributed by atoms with Gasteiger partial charge in [0, 0.05) is 47.3 Å². The molecule has 0 aliphatic heterocycles. The van der Waals surface area contributed by atoms with Crippen LogP contribution in [0.25, 0.3) is 0 Å². The fourth-order valence-corrected chi connectivity index (χ4v) is 4.81. The number of aromatic nitrogens is 1. The summed E-state index contributed by atoms with van der Waals surface area (Å²) >= 11 is 5.55. The van der Waals surface area contributed by atoms with Crippen LogP contribution in [0.1, 0.15) is 49.9 Å². The minimum atomic E-state index is -0.830. The predicted octanol–water partition coefficient (Wildman–Crippen LogP) is 5.82. The van der Waals surface area contributed by atoms with Gasteiger partial charge in [-0.25, -0.2) is 8.78 Å². The van der Waals surface area contributed by atoms with Crippen LogP contribution in [-0.2, 0) is 14.3 Å². The summed E-state index contributed by atoms with van der Waals surface area (Å²) in [6.45, 7) is 4.55. The second-order valence-electron chi connectivity index (χ2n) is 9.21. The number of nitrogens with zero attached hydrogens (tertiary/aromatic N) is 1. The summed E-state index contributed by atoms with van der Waals surface area (Å²) in [7, 11) is 4.21. The van der Waals surface area contributed by atoms with E-state index in [9.17, 15) is 18.4 Å². The van der Waals surface area contributed by atoms with Crippen LogP contribution in [0.15, 0.2) is 48.7 Å². The lowest BCUT2D eigenvalue weighted by Gasteiger charge is -2.28. The van der Waals surface area contributed by atoms with Crippen LogP contribution in [-0.4, -0.2) is 49.2 Å². The van der Waals surface area contributed by atoms with Gasteiger partial charge in [0.05, 0.1) is 33.2 Å². The SMILES string of the molecule is COc1cc(F)ccc1C(c1ccc(F)cc1OC)[C@H](C)OC(=O)[C@H](C)CC(=S)c1nccc(OC)c1OC(C)=O. The number of carbonyl (C=O) groups excluding carboxylic acids is 2. The van der Waals surface area contributed by atoms with Gasteiger partial charge in [-0.3, -0.25) is 14.6 Å². The Labute approximate surface area is 242 Å². The molecule has 0 saturated heterocycles. The molecule has 0 N–H and O–H groups in total. The van der Waals surface area contributed by atoms with E-state index in [2.05, 4.69) is 4.98 Å². The van der Waals surface area contributed by atoms with E-state index in [1.54, 1.807) is 13.8 Å². The first kappa shape index (κ1) is 31.4. The van der Waals surface area contributed by atoms with Crippen LogP contribution in [0, 0.1) is 17.6 Å². The van der Waals surface area contributed by atoms with Crippen LogP contribution in [0.3, 0.4) is 0 Å². The predicted molar refractivity (Wildman–Crippen MR) is 151 cm³/mol. The summed E-state index contributed by atoms with van der Waals surface area (Å²) in [5, 5.41) is 0. The van der Waals surface area contributed by atoms with Crippen molar-refractivity contribution in [1.29, 1.82) is 0 Å². The lowest BCUT2D eigenvalue weighted by Crippen LogP contribution is -2.28. The molecule has 41 heavy (non-hydrogen) atoms. The van der Waals surface area contributed by atoms with Gasteiger partial charge in [0.25, 0.3) is 0 Å². The molecule has 0 aliphatic carbocycles. The smallest absolute Gasteiger partial charge is 0.309 e. The second-order valence-corrected chi connectivity index (χ2v) is 9.70. The van der Waals surface area contributed by atoms with Crippen molar-refractivity contribution in [1.82, 2.24) is 4.98 Å². The third-order valence-corrected chi connectivity index (χ3v) is 6.68. The van der Waals surface area contributed by atoms with Crippen LogP contribution in [0.2, 0.25) is 0 Å². The topological polar surface area (TPSA) is 93.2 Å². The van der Waals surface area contributed by atoms with Crippen molar-refractivity contribution in [2.45, 2.75) is 39.2 Å². The highest BCUT2D eigenvalue weighted by molar-refractivity contribution is 7.80. The first-order chi connectivity index (χ1) is 19.5. The lowest BCUT2D eigenvalue weighted by molar-refractivity contribution is -0.153. The van der Waals surface area contributed by atoms with Crippen molar-refractivity contribution in [2.75, 3.05) is 21.3 Å². The fraction of sp³-hybridized carbons (Fsp3) is 0.333. The third kappa shape index (κ3) is 7.55. The molecule has 0 bridgehead atoms. The molecule has 0 radical (unpaired) electrons. The number of hydrogen-bond donors (Lipinski definition) is 0. The van der Waals surface area contributed by atoms with Crippen LogP contribution < -0.4 is 18.9 Å². The van der Waals surface area contributed by atoms with Gasteiger partial charge in [-0.1, -0.05) is 31.3 Å². The zero-order valence-electron chi connectivity index (χ0n) is 23.5. The first-order valence-electron chi connectivity index (χ1n) is 12.6. The van der Waals surface area contributed by atoms with E-state index < -0.39 is 41.5 Å². The zero-order valence-corrected chi connectivity index (χ0v) is 24.3. The summed E-state index contributed by atoms with van der Waals surface area (Å²) in [6.07, 6.45) is 0.679. The number of carbonyl (C=O) groups is 2. The number of rotatable bonds is 12.